The number of halogens is 2. The number of amides is 3. The summed E-state index contributed by atoms with van der Waals surface area (Å²) >= 11 is 12.4. The largest absolute Gasteiger partial charge is 0.462 e. The van der Waals surface area contributed by atoms with Crippen LogP contribution in [0.1, 0.15) is 33.2 Å². The van der Waals surface area contributed by atoms with Gasteiger partial charge in [0.2, 0.25) is 0 Å². The van der Waals surface area contributed by atoms with Crippen molar-refractivity contribution >= 4 is 69.1 Å². The number of para-hydroxylation sites is 1. The number of urea groups is 1. The quantitative estimate of drug-likeness (QED) is 0.231. The molecule has 0 unspecified atom stereocenters. The molecule has 0 aliphatic rings. The summed E-state index contributed by atoms with van der Waals surface area (Å²) in [6.07, 6.45) is 1.59. The predicted octanol–water partition coefficient (Wildman–Crippen LogP) is 6.92. The maximum Gasteiger partial charge on any atom is 0.338 e. The molecule has 0 saturated carbocycles. The molecule has 4 aromatic rings. The van der Waals surface area contributed by atoms with Crippen LogP contribution < -0.4 is 16.0 Å². The van der Waals surface area contributed by atoms with Crippen molar-refractivity contribution in [1.82, 2.24) is 4.98 Å². The number of hydrogen-bond donors (Lipinski definition) is 3. The standard InChI is InChI=1S/C27H22Cl2N4O4/c1-3-37-26(35)16-7-4-8-17(13-16)31-27(36)33-23-15(2)14-30-24-18(23)9-5-12-21(24)32-25(34)22-19(28)10-6-11-20(22)29/h4-14H,3H2,1-2H3,(H,32,34)(H2,30,31,33,36). The van der Waals surface area contributed by atoms with Crippen molar-refractivity contribution < 1.29 is 19.1 Å². The van der Waals surface area contributed by atoms with Crippen LogP contribution in [0.3, 0.4) is 0 Å². The highest BCUT2D eigenvalue weighted by Gasteiger charge is 2.18. The number of pyridine rings is 1. The highest BCUT2D eigenvalue weighted by Crippen LogP contribution is 2.32. The molecule has 0 radical (unpaired) electrons. The first-order valence-electron chi connectivity index (χ1n) is 11.3. The maximum absolute atomic E-state index is 12.9. The molecule has 0 aliphatic heterocycles. The third-order valence-corrected chi connectivity index (χ3v) is 6.03. The van der Waals surface area contributed by atoms with Crippen LogP contribution in [-0.2, 0) is 4.74 Å². The van der Waals surface area contributed by atoms with Gasteiger partial charge in [0, 0.05) is 17.3 Å². The summed E-state index contributed by atoms with van der Waals surface area (Å²) in [6, 6.07) is 15.9. The number of aromatic nitrogens is 1. The van der Waals surface area contributed by atoms with Gasteiger partial charge in [-0.3, -0.25) is 9.78 Å². The minimum Gasteiger partial charge on any atom is -0.462 e. The van der Waals surface area contributed by atoms with Crippen molar-refractivity contribution in [2.75, 3.05) is 22.6 Å². The van der Waals surface area contributed by atoms with Crippen LogP contribution in [0, 0.1) is 6.92 Å². The van der Waals surface area contributed by atoms with Crippen LogP contribution in [0.2, 0.25) is 10.0 Å². The van der Waals surface area contributed by atoms with Gasteiger partial charge in [0.1, 0.15) is 0 Å². The Bertz CT molecular complexity index is 1500. The fraction of sp³-hybridized carbons (Fsp3) is 0.111. The molecule has 1 aromatic heterocycles. The molecule has 0 bridgehead atoms. The Hall–Kier alpha value is -4.14. The molecule has 0 atom stereocenters. The molecule has 3 amide bonds. The molecular weight excluding hydrogens is 515 g/mol. The van der Waals surface area contributed by atoms with E-state index in [0.717, 1.165) is 0 Å². The zero-order valence-electron chi connectivity index (χ0n) is 19.9. The minimum atomic E-state index is -0.520. The second-order valence-corrected chi connectivity index (χ2v) is 8.76. The molecule has 4 rings (SSSR count). The van der Waals surface area contributed by atoms with Gasteiger partial charge < -0.3 is 20.7 Å². The molecule has 3 N–H and O–H groups in total. The lowest BCUT2D eigenvalue weighted by Gasteiger charge is -2.15. The fourth-order valence-electron chi connectivity index (χ4n) is 3.70. The third-order valence-electron chi connectivity index (χ3n) is 5.40. The molecule has 0 fully saturated rings. The Kier molecular flexibility index (Phi) is 7.91. The Morgan fingerprint density at radius 3 is 2.35 bits per heavy atom. The zero-order chi connectivity index (χ0) is 26.5. The lowest BCUT2D eigenvalue weighted by Crippen LogP contribution is -2.20. The lowest BCUT2D eigenvalue weighted by atomic mass is 10.1. The van der Waals surface area contributed by atoms with Gasteiger partial charge in [-0.05, 0) is 55.8 Å². The monoisotopic (exact) mass is 536 g/mol. The van der Waals surface area contributed by atoms with Crippen molar-refractivity contribution in [3.8, 4) is 0 Å². The van der Waals surface area contributed by atoms with E-state index in [9.17, 15) is 14.4 Å². The fourth-order valence-corrected chi connectivity index (χ4v) is 4.27. The van der Waals surface area contributed by atoms with Crippen LogP contribution in [0.25, 0.3) is 10.9 Å². The van der Waals surface area contributed by atoms with Crippen molar-refractivity contribution in [3.63, 3.8) is 0 Å². The molecular formula is C27H22Cl2N4O4. The van der Waals surface area contributed by atoms with Gasteiger partial charge in [0.15, 0.2) is 0 Å². The normalized spacial score (nSPS) is 10.6. The number of ether oxygens (including phenoxy) is 1. The third kappa shape index (κ3) is 5.82. The van der Waals surface area contributed by atoms with Crippen LogP contribution in [0.15, 0.2) is 66.9 Å². The van der Waals surface area contributed by atoms with E-state index < -0.39 is 17.9 Å². The maximum atomic E-state index is 12.9. The van der Waals surface area contributed by atoms with Gasteiger partial charge in [-0.15, -0.1) is 0 Å². The second-order valence-electron chi connectivity index (χ2n) is 7.95. The van der Waals surface area contributed by atoms with Gasteiger partial charge in [0.05, 0.1) is 44.7 Å². The highest BCUT2D eigenvalue weighted by atomic mass is 35.5. The van der Waals surface area contributed by atoms with Crippen molar-refractivity contribution in [3.05, 3.63) is 93.6 Å². The lowest BCUT2D eigenvalue weighted by molar-refractivity contribution is 0.0526. The first-order chi connectivity index (χ1) is 17.8. The number of benzene rings is 3. The van der Waals surface area contributed by atoms with Crippen molar-refractivity contribution in [1.29, 1.82) is 0 Å². The predicted molar refractivity (Wildman–Crippen MR) is 146 cm³/mol. The highest BCUT2D eigenvalue weighted by molar-refractivity contribution is 6.40. The molecule has 8 nitrogen and oxygen atoms in total. The van der Waals surface area contributed by atoms with E-state index in [0.29, 0.717) is 39.1 Å². The van der Waals surface area contributed by atoms with Crippen molar-refractivity contribution in [2.24, 2.45) is 0 Å². The van der Waals surface area contributed by atoms with Gasteiger partial charge >= 0.3 is 12.0 Å². The summed E-state index contributed by atoms with van der Waals surface area (Å²) < 4.78 is 5.01. The van der Waals surface area contributed by atoms with Gasteiger partial charge in [-0.2, -0.15) is 0 Å². The van der Waals surface area contributed by atoms with Crippen LogP contribution in [0.5, 0.6) is 0 Å². The van der Waals surface area contributed by atoms with E-state index in [1.807, 2.05) is 0 Å². The topological polar surface area (TPSA) is 109 Å². The Morgan fingerprint density at radius 2 is 1.62 bits per heavy atom. The number of carbonyl (C=O) groups is 3. The molecule has 0 spiro atoms. The van der Waals surface area contributed by atoms with E-state index in [1.54, 1.807) is 74.6 Å². The summed E-state index contributed by atoms with van der Waals surface area (Å²) in [5.74, 6) is -0.964. The Morgan fingerprint density at radius 1 is 0.919 bits per heavy atom. The summed E-state index contributed by atoms with van der Waals surface area (Å²) in [4.78, 5) is 42.2. The number of carbonyl (C=O) groups excluding carboxylic acids is 3. The van der Waals surface area contributed by atoms with E-state index in [1.165, 1.54) is 6.07 Å². The first-order valence-corrected chi connectivity index (χ1v) is 12.0. The first kappa shape index (κ1) is 25.9. The van der Waals surface area contributed by atoms with Crippen LogP contribution in [-0.4, -0.2) is 29.5 Å². The molecule has 37 heavy (non-hydrogen) atoms. The van der Waals surface area contributed by atoms with Crippen molar-refractivity contribution in [2.45, 2.75) is 13.8 Å². The van der Waals surface area contributed by atoms with E-state index in [4.69, 9.17) is 27.9 Å². The minimum absolute atomic E-state index is 0.151. The number of anilines is 3. The number of nitrogens with zero attached hydrogens (tertiary/aromatic N) is 1. The number of aryl methyl sites for hydroxylation is 1. The average Bonchev–Trinajstić information content (AvgIpc) is 2.86. The smallest absolute Gasteiger partial charge is 0.338 e. The summed E-state index contributed by atoms with van der Waals surface area (Å²) in [6.45, 7) is 3.77. The number of nitrogens with one attached hydrogen (secondary N) is 3. The summed E-state index contributed by atoms with van der Waals surface area (Å²) in [5.41, 5.74) is 3.00. The average molecular weight is 537 g/mol. The van der Waals surface area contributed by atoms with E-state index in [2.05, 4.69) is 20.9 Å². The van der Waals surface area contributed by atoms with E-state index in [-0.39, 0.29) is 22.2 Å². The van der Waals surface area contributed by atoms with Gasteiger partial charge in [-0.1, -0.05) is 47.5 Å². The Labute approximate surface area is 222 Å². The summed E-state index contributed by atoms with van der Waals surface area (Å²) in [5, 5.41) is 9.43. The molecule has 0 aliphatic carbocycles. The van der Waals surface area contributed by atoms with Gasteiger partial charge in [-0.25, -0.2) is 9.59 Å². The molecule has 1 heterocycles. The van der Waals surface area contributed by atoms with Gasteiger partial charge in [0.25, 0.3) is 5.91 Å². The number of esters is 1. The molecule has 0 saturated heterocycles. The summed E-state index contributed by atoms with van der Waals surface area (Å²) in [7, 11) is 0. The Balaban J connectivity index is 1.59. The van der Waals surface area contributed by atoms with Crippen LogP contribution >= 0.6 is 23.2 Å². The number of hydrogen-bond acceptors (Lipinski definition) is 5. The second kappa shape index (κ2) is 11.3. The van der Waals surface area contributed by atoms with E-state index >= 15 is 0 Å². The molecule has 10 heteroatoms. The molecule has 188 valence electrons. The zero-order valence-corrected chi connectivity index (χ0v) is 21.4. The SMILES string of the molecule is CCOC(=O)c1cccc(NC(=O)Nc2c(C)cnc3c(NC(=O)c4c(Cl)cccc4Cl)cccc23)c1. The number of fused-ring (bicyclic) bond motifs is 1. The molecule has 3 aromatic carbocycles. The van der Waals surface area contributed by atoms with Crippen LogP contribution in [0.4, 0.5) is 21.9 Å². The number of rotatable bonds is 6.